The molecule has 1 atom stereocenters. The number of hydrogen-bond acceptors (Lipinski definition) is 9. The maximum Gasteiger partial charge on any atom is 0.230 e. The first-order chi connectivity index (χ1) is 17.5. The van der Waals surface area contributed by atoms with Gasteiger partial charge in [0.05, 0.1) is 51.4 Å². The summed E-state index contributed by atoms with van der Waals surface area (Å²) in [6, 6.07) is 9.91. The van der Waals surface area contributed by atoms with Crippen LogP contribution in [0.5, 0.6) is 17.2 Å². The van der Waals surface area contributed by atoms with E-state index >= 15 is 0 Å². The molecule has 5 rings (SSSR count). The van der Waals surface area contributed by atoms with E-state index in [0.29, 0.717) is 29.0 Å². The second kappa shape index (κ2) is 9.90. The van der Waals surface area contributed by atoms with E-state index in [9.17, 15) is 5.11 Å². The van der Waals surface area contributed by atoms with Gasteiger partial charge in [0.15, 0.2) is 17.3 Å². The van der Waals surface area contributed by atoms with E-state index < -0.39 is 0 Å². The molecule has 0 unspecified atom stereocenters. The van der Waals surface area contributed by atoms with Crippen molar-refractivity contribution in [1.82, 2.24) is 19.5 Å². The van der Waals surface area contributed by atoms with Gasteiger partial charge in [-0.2, -0.15) is 4.98 Å². The maximum absolute atomic E-state index is 9.90. The second-order valence-electron chi connectivity index (χ2n) is 8.74. The van der Waals surface area contributed by atoms with Gasteiger partial charge in [0.2, 0.25) is 11.7 Å². The standard InChI is InChI=1S/C26H30N6O4/c1-16-7-8-19-20(10-16)28-26(30-25(19)32-9-5-6-17(32)14-33)29-23-13-31(15-27-23)18-11-21(34-2)24(36-4)22(12-18)35-3/h7-8,10-13,15,17,33H,5-6,9,14H2,1-4H3,(H,28,29,30)/t17-/m0/s1. The number of aryl methyl sites for hydroxylation is 1. The molecule has 1 fully saturated rings. The zero-order chi connectivity index (χ0) is 25.2. The SMILES string of the molecule is COc1cc(-n2cnc(Nc3nc(N4CCC[C@H]4CO)c4ccc(C)cc4n3)c2)cc(OC)c1OC. The number of imidazole rings is 1. The first-order valence-electron chi connectivity index (χ1n) is 11.8. The number of rotatable bonds is 8. The first kappa shape index (κ1) is 23.7. The van der Waals surface area contributed by atoms with Gasteiger partial charge >= 0.3 is 0 Å². The Hall–Kier alpha value is -4.05. The summed E-state index contributed by atoms with van der Waals surface area (Å²) in [5, 5.41) is 14.1. The molecule has 188 valence electrons. The number of anilines is 3. The van der Waals surface area contributed by atoms with Crippen LogP contribution in [0.2, 0.25) is 0 Å². The average molecular weight is 491 g/mol. The molecule has 0 saturated carbocycles. The van der Waals surface area contributed by atoms with Crippen LogP contribution < -0.4 is 24.4 Å². The number of aliphatic hydroxyl groups is 1. The van der Waals surface area contributed by atoms with E-state index in [-0.39, 0.29) is 12.6 Å². The largest absolute Gasteiger partial charge is 0.493 e. The fraction of sp³-hybridized carbons (Fsp3) is 0.346. The van der Waals surface area contributed by atoms with E-state index in [1.807, 2.05) is 35.9 Å². The van der Waals surface area contributed by atoms with E-state index in [0.717, 1.165) is 47.4 Å². The predicted molar refractivity (Wildman–Crippen MR) is 138 cm³/mol. The van der Waals surface area contributed by atoms with Crippen LogP contribution in [0.4, 0.5) is 17.6 Å². The Balaban J connectivity index is 1.50. The first-order valence-corrected chi connectivity index (χ1v) is 11.8. The van der Waals surface area contributed by atoms with Crippen LogP contribution in [0.1, 0.15) is 18.4 Å². The summed E-state index contributed by atoms with van der Waals surface area (Å²) in [5.41, 5.74) is 2.75. The predicted octanol–water partition coefficient (Wildman–Crippen LogP) is 3.85. The number of hydrogen-bond donors (Lipinski definition) is 2. The molecular formula is C26H30N6O4. The van der Waals surface area contributed by atoms with E-state index in [1.165, 1.54) is 0 Å². The fourth-order valence-electron chi connectivity index (χ4n) is 4.66. The topological polar surface area (TPSA) is 107 Å². The summed E-state index contributed by atoms with van der Waals surface area (Å²) in [6.45, 7) is 2.99. The van der Waals surface area contributed by atoms with Crippen molar-refractivity contribution in [1.29, 1.82) is 0 Å². The summed E-state index contributed by atoms with van der Waals surface area (Å²) in [4.78, 5) is 16.3. The Kier molecular flexibility index (Phi) is 6.51. The zero-order valence-corrected chi connectivity index (χ0v) is 20.9. The Morgan fingerprint density at radius 2 is 1.83 bits per heavy atom. The van der Waals surface area contributed by atoms with Crippen LogP contribution in [0.15, 0.2) is 42.9 Å². The molecule has 0 radical (unpaired) electrons. The highest BCUT2D eigenvalue weighted by Gasteiger charge is 2.27. The van der Waals surface area contributed by atoms with Crippen molar-refractivity contribution in [3.63, 3.8) is 0 Å². The van der Waals surface area contributed by atoms with Gasteiger partial charge in [0.25, 0.3) is 0 Å². The van der Waals surface area contributed by atoms with Crippen molar-refractivity contribution >= 4 is 28.5 Å². The minimum absolute atomic E-state index is 0.0523. The van der Waals surface area contributed by atoms with Crippen molar-refractivity contribution in [2.24, 2.45) is 0 Å². The normalized spacial score (nSPS) is 15.4. The average Bonchev–Trinajstić information content (AvgIpc) is 3.56. The third kappa shape index (κ3) is 4.35. The monoisotopic (exact) mass is 490 g/mol. The van der Waals surface area contributed by atoms with Gasteiger partial charge in [0.1, 0.15) is 12.1 Å². The molecule has 3 heterocycles. The number of fused-ring (bicyclic) bond motifs is 1. The number of nitrogens with one attached hydrogen (secondary N) is 1. The molecule has 10 nitrogen and oxygen atoms in total. The van der Waals surface area contributed by atoms with Gasteiger partial charge in [-0.05, 0) is 37.5 Å². The lowest BCUT2D eigenvalue weighted by atomic mass is 10.1. The van der Waals surface area contributed by atoms with Crippen LogP contribution in [0.3, 0.4) is 0 Å². The van der Waals surface area contributed by atoms with E-state index in [4.69, 9.17) is 24.2 Å². The third-order valence-corrected chi connectivity index (χ3v) is 6.46. The molecular weight excluding hydrogens is 460 g/mol. The number of nitrogens with zero attached hydrogens (tertiary/aromatic N) is 5. The van der Waals surface area contributed by atoms with E-state index in [2.05, 4.69) is 27.3 Å². The molecule has 2 aromatic carbocycles. The summed E-state index contributed by atoms with van der Waals surface area (Å²) in [7, 11) is 4.74. The minimum Gasteiger partial charge on any atom is -0.493 e. The van der Waals surface area contributed by atoms with Crippen LogP contribution >= 0.6 is 0 Å². The third-order valence-electron chi connectivity index (χ3n) is 6.46. The number of benzene rings is 2. The molecule has 0 amide bonds. The molecule has 10 heteroatoms. The highest BCUT2D eigenvalue weighted by Crippen LogP contribution is 2.39. The molecule has 1 aliphatic heterocycles. The second-order valence-corrected chi connectivity index (χ2v) is 8.74. The van der Waals surface area contributed by atoms with E-state index in [1.54, 1.807) is 27.7 Å². The lowest BCUT2D eigenvalue weighted by Crippen LogP contribution is -2.33. The highest BCUT2D eigenvalue weighted by atomic mass is 16.5. The summed E-state index contributed by atoms with van der Waals surface area (Å²) >= 11 is 0. The molecule has 4 aromatic rings. The summed E-state index contributed by atoms with van der Waals surface area (Å²) in [5.74, 6) is 3.48. The molecule has 1 saturated heterocycles. The minimum atomic E-state index is 0.0523. The van der Waals surface area contributed by atoms with Crippen molar-refractivity contribution in [2.45, 2.75) is 25.8 Å². The van der Waals surface area contributed by atoms with Crippen LogP contribution in [-0.2, 0) is 0 Å². The van der Waals surface area contributed by atoms with Gasteiger partial charge in [-0.3, -0.25) is 0 Å². The van der Waals surface area contributed by atoms with Gasteiger partial charge in [-0.1, -0.05) is 6.07 Å². The Morgan fingerprint density at radius 1 is 1.06 bits per heavy atom. The quantitative estimate of drug-likeness (QED) is 0.381. The number of ether oxygens (including phenoxy) is 3. The van der Waals surface area contributed by atoms with Gasteiger partial charge in [-0.25, -0.2) is 9.97 Å². The Morgan fingerprint density at radius 3 is 2.53 bits per heavy atom. The van der Waals surface area contributed by atoms with Crippen LogP contribution in [0.25, 0.3) is 16.6 Å². The summed E-state index contributed by atoms with van der Waals surface area (Å²) < 4.78 is 18.2. The van der Waals surface area contributed by atoms with Gasteiger partial charge in [-0.15, -0.1) is 0 Å². The molecule has 2 aromatic heterocycles. The lowest BCUT2D eigenvalue weighted by molar-refractivity contribution is 0.266. The van der Waals surface area contributed by atoms with Crippen LogP contribution in [0, 0.1) is 6.92 Å². The Bertz CT molecular complexity index is 1360. The molecule has 0 aliphatic carbocycles. The lowest BCUT2D eigenvalue weighted by Gasteiger charge is -2.25. The van der Waals surface area contributed by atoms with Crippen molar-refractivity contribution in [3.05, 3.63) is 48.4 Å². The van der Waals surface area contributed by atoms with Crippen LogP contribution in [-0.4, -0.2) is 65.1 Å². The smallest absolute Gasteiger partial charge is 0.230 e. The number of methoxy groups -OCH3 is 3. The van der Waals surface area contributed by atoms with Gasteiger partial charge in [0, 0.05) is 24.1 Å². The Labute approximate surface area is 209 Å². The van der Waals surface area contributed by atoms with Crippen molar-refractivity contribution < 1.29 is 19.3 Å². The maximum atomic E-state index is 9.90. The highest BCUT2D eigenvalue weighted by molar-refractivity contribution is 5.91. The molecule has 36 heavy (non-hydrogen) atoms. The number of aromatic nitrogens is 4. The van der Waals surface area contributed by atoms with Crippen molar-refractivity contribution in [3.8, 4) is 22.9 Å². The number of aliphatic hydroxyl groups excluding tert-OH is 1. The zero-order valence-electron chi connectivity index (χ0n) is 20.9. The van der Waals surface area contributed by atoms with Gasteiger partial charge < -0.3 is 34.1 Å². The molecule has 0 bridgehead atoms. The summed E-state index contributed by atoms with van der Waals surface area (Å²) in [6.07, 6.45) is 5.49. The van der Waals surface area contributed by atoms with Crippen molar-refractivity contribution in [2.75, 3.05) is 44.7 Å². The molecule has 2 N–H and O–H groups in total. The fourth-order valence-corrected chi connectivity index (χ4v) is 4.66. The molecule has 1 aliphatic rings. The molecule has 0 spiro atoms.